The normalized spacial score (nSPS) is 11.8. The Kier molecular flexibility index (Phi) is 8.40. The summed E-state index contributed by atoms with van der Waals surface area (Å²) in [6, 6.07) is 4.87. The standard InChI is InChI=1S/C18H26BrFN2O3S/c1-17(2,3)25-16(24)21-11-18(4,5)22-15(23)10-26-9-12-6-7-13(19)8-14(12)20/h6-8H,9-11H2,1-5H3,(H,21,24)(H,22,23). The summed E-state index contributed by atoms with van der Waals surface area (Å²) in [6.07, 6.45) is -0.528. The number of rotatable bonds is 7. The SMILES string of the molecule is CC(C)(CNC(=O)OC(C)(C)C)NC(=O)CSCc1ccc(Br)cc1F. The van der Waals surface area contributed by atoms with Gasteiger partial charge < -0.3 is 15.4 Å². The van der Waals surface area contributed by atoms with E-state index in [4.69, 9.17) is 4.74 Å². The molecule has 8 heteroatoms. The number of benzene rings is 1. The molecule has 0 atom stereocenters. The highest BCUT2D eigenvalue weighted by Crippen LogP contribution is 2.19. The summed E-state index contributed by atoms with van der Waals surface area (Å²) in [5.74, 6) is 0.131. The van der Waals surface area contributed by atoms with E-state index in [0.717, 1.165) is 0 Å². The molecule has 0 heterocycles. The van der Waals surface area contributed by atoms with Crippen molar-refractivity contribution in [3.8, 4) is 0 Å². The van der Waals surface area contributed by atoms with Crippen LogP contribution in [0.3, 0.4) is 0 Å². The molecule has 1 aromatic rings. The van der Waals surface area contributed by atoms with E-state index in [-0.39, 0.29) is 24.0 Å². The van der Waals surface area contributed by atoms with Crippen molar-refractivity contribution in [2.75, 3.05) is 12.3 Å². The lowest BCUT2D eigenvalue weighted by Gasteiger charge is -2.27. The minimum atomic E-state index is -0.628. The number of alkyl carbamates (subject to hydrolysis) is 1. The van der Waals surface area contributed by atoms with Gasteiger partial charge in [-0.25, -0.2) is 9.18 Å². The minimum Gasteiger partial charge on any atom is -0.444 e. The van der Waals surface area contributed by atoms with Gasteiger partial charge in [0.2, 0.25) is 5.91 Å². The van der Waals surface area contributed by atoms with E-state index in [2.05, 4.69) is 26.6 Å². The zero-order valence-corrected chi connectivity index (χ0v) is 18.1. The fourth-order valence-corrected chi connectivity index (χ4v) is 3.10. The number of hydrogen-bond donors (Lipinski definition) is 2. The number of ether oxygens (including phenoxy) is 1. The molecule has 0 aromatic heterocycles. The second kappa shape index (κ2) is 9.60. The molecule has 0 radical (unpaired) electrons. The van der Waals surface area contributed by atoms with Crippen LogP contribution in [0, 0.1) is 5.82 Å². The number of amides is 2. The minimum absolute atomic E-state index is 0.177. The van der Waals surface area contributed by atoms with Gasteiger partial charge in [-0.1, -0.05) is 22.0 Å². The molecular weight excluding hydrogens is 423 g/mol. The van der Waals surface area contributed by atoms with Crippen LogP contribution in [0.2, 0.25) is 0 Å². The van der Waals surface area contributed by atoms with Gasteiger partial charge in [0.25, 0.3) is 0 Å². The Morgan fingerprint density at radius 2 is 1.88 bits per heavy atom. The van der Waals surface area contributed by atoms with Crippen molar-refractivity contribution in [2.45, 2.75) is 51.5 Å². The van der Waals surface area contributed by atoms with Crippen molar-refractivity contribution in [1.82, 2.24) is 10.6 Å². The highest BCUT2D eigenvalue weighted by Gasteiger charge is 2.23. The van der Waals surface area contributed by atoms with Gasteiger partial charge in [0.1, 0.15) is 11.4 Å². The summed E-state index contributed by atoms with van der Waals surface area (Å²) in [6.45, 7) is 9.20. The number of thioether (sulfide) groups is 1. The van der Waals surface area contributed by atoms with Crippen molar-refractivity contribution in [2.24, 2.45) is 0 Å². The van der Waals surface area contributed by atoms with E-state index in [0.29, 0.717) is 15.8 Å². The molecule has 0 saturated carbocycles. The second-order valence-corrected chi connectivity index (χ2v) is 9.42. The van der Waals surface area contributed by atoms with Crippen LogP contribution in [-0.2, 0) is 15.3 Å². The Hall–Kier alpha value is -1.28. The molecule has 0 aliphatic heterocycles. The summed E-state index contributed by atoms with van der Waals surface area (Å²) in [5, 5.41) is 5.50. The van der Waals surface area contributed by atoms with Gasteiger partial charge in [0.15, 0.2) is 0 Å². The monoisotopic (exact) mass is 448 g/mol. The molecule has 0 unspecified atom stereocenters. The molecule has 0 saturated heterocycles. The molecule has 26 heavy (non-hydrogen) atoms. The second-order valence-electron chi connectivity index (χ2n) is 7.52. The van der Waals surface area contributed by atoms with E-state index in [9.17, 15) is 14.0 Å². The summed E-state index contributed by atoms with van der Waals surface area (Å²) in [5.41, 5.74) is -0.648. The third-order valence-electron chi connectivity index (χ3n) is 3.06. The van der Waals surface area contributed by atoms with Gasteiger partial charge >= 0.3 is 6.09 Å². The quantitative estimate of drug-likeness (QED) is 0.654. The van der Waals surface area contributed by atoms with Crippen LogP contribution in [0.25, 0.3) is 0 Å². The van der Waals surface area contributed by atoms with Gasteiger partial charge in [-0.05, 0) is 52.3 Å². The maximum absolute atomic E-state index is 13.7. The molecule has 0 aliphatic rings. The smallest absolute Gasteiger partial charge is 0.407 e. The van der Waals surface area contributed by atoms with Crippen molar-refractivity contribution < 1.29 is 18.7 Å². The number of carbonyl (C=O) groups is 2. The maximum Gasteiger partial charge on any atom is 0.407 e. The first-order valence-electron chi connectivity index (χ1n) is 8.17. The topological polar surface area (TPSA) is 67.4 Å². The first kappa shape index (κ1) is 22.8. The first-order valence-corrected chi connectivity index (χ1v) is 10.1. The van der Waals surface area contributed by atoms with E-state index >= 15 is 0 Å². The predicted molar refractivity (Wildman–Crippen MR) is 107 cm³/mol. The van der Waals surface area contributed by atoms with Gasteiger partial charge in [0.05, 0.1) is 11.3 Å². The maximum atomic E-state index is 13.7. The number of hydrogen-bond acceptors (Lipinski definition) is 4. The molecule has 146 valence electrons. The average Bonchev–Trinajstić information content (AvgIpc) is 2.45. The Balaban J connectivity index is 2.37. The fourth-order valence-electron chi connectivity index (χ4n) is 1.96. The van der Waals surface area contributed by atoms with Crippen LogP contribution in [0.1, 0.15) is 40.2 Å². The molecule has 1 rings (SSSR count). The number of halogens is 2. The molecule has 5 nitrogen and oxygen atoms in total. The number of nitrogens with one attached hydrogen (secondary N) is 2. The van der Waals surface area contributed by atoms with Gasteiger partial charge in [-0.15, -0.1) is 11.8 Å². The molecule has 2 amide bonds. The molecule has 0 spiro atoms. The van der Waals surface area contributed by atoms with Crippen molar-refractivity contribution in [1.29, 1.82) is 0 Å². The lowest BCUT2D eigenvalue weighted by atomic mass is 10.1. The summed E-state index contributed by atoms with van der Waals surface area (Å²) >= 11 is 4.54. The third kappa shape index (κ3) is 9.43. The zero-order chi connectivity index (χ0) is 20.0. The third-order valence-corrected chi connectivity index (χ3v) is 4.53. The first-order chi connectivity index (χ1) is 11.9. The van der Waals surface area contributed by atoms with Crippen molar-refractivity contribution >= 4 is 39.7 Å². The van der Waals surface area contributed by atoms with Crippen LogP contribution in [0.5, 0.6) is 0 Å². The lowest BCUT2D eigenvalue weighted by Crippen LogP contribution is -2.52. The van der Waals surface area contributed by atoms with E-state index < -0.39 is 17.2 Å². The molecule has 0 bridgehead atoms. The summed E-state index contributed by atoms with van der Waals surface area (Å²) < 4.78 is 19.6. The average molecular weight is 449 g/mol. The lowest BCUT2D eigenvalue weighted by molar-refractivity contribution is -0.120. The molecule has 0 aliphatic carbocycles. The largest absolute Gasteiger partial charge is 0.444 e. The highest BCUT2D eigenvalue weighted by molar-refractivity contribution is 9.10. The molecule has 1 aromatic carbocycles. The van der Waals surface area contributed by atoms with Gasteiger partial charge in [0, 0.05) is 16.8 Å². The van der Waals surface area contributed by atoms with Crippen LogP contribution in [0.15, 0.2) is 22.7 Å². The van der Waals surface area contributed by atoms with Gasteiger partial charge in [-0.2, -0.15) is 0 Å². The Morgan fingerprint density at radius 3 is 2.46 bits per heavy atom. The predicted octanol–water partition coefficient (Wildman–Crippen LogP) is 4.24. The van der Waals surface area contributed by atoms with Crippen LogP contribution in [-0.4, -0.2) is 35.4 Å². The summed E-state index contributed by atoms with van der Waals surface area (Å²) in [4.78, 5) is 23.8. The number of carbonyl (C=O) groups excluding carboxylic acids is 2. The van der Waals surface area contributed by atoms with Crippen molar-refractivity contribution in [3.05, 3.63) is 34.1 Å². The fraction of sp³-hybridized carbons (Fsp3) is 0.556. The van der Waals surface area contributed by atoms with Crippen LogP contribution >= 0.6 is 27.7 Å². The van der Waals surface area contributed by atoms with E-state index in [1.54, 1.807) is 46.8 Å². The van der Waals surface area contributed by atoms with Crippen LogP contribution < -0.4 is 10.6 Å². The molecular formula is C18H26BrFN2O3S. The molecule has 2 N–H and O–H groups in total. The summed E-state index contributed by atoms with van der Waals surface area (Å²) in [7, 11) is 0. The molecule has 0 fully saturated rings. The Labute approximate surface area is 167 Å². The Bertz CT molecular complexity index is 648. The zero-order valence-electron chi connectivity index (χ0n) is 15.7. The van der Waals surface area contributed by atoms with E-state index in [1.165, 1.54) is 17.8 Å². The van der Waals surface area contributed by atoms with Gasteiger partial charge in [-0.3, -0.25) is 4.79 Å². The Morgan fingerprint density at radius 1 is 1.23 bits per heavy atom. The highest BCUT2D eigenvalue weighted by atomic mass is 79.9. The van der Waals surface area contributed by atoms with Crippen molar-refractivity contribution in [3.63, 3.8) is 0 Å². The van der Waals surface area contributed by atoms with Crippen LogP contribution in [0.4, 0.5) is 9.18 Å². The van der Waals surface area contributed by atoms with E-state index in [1.807, 2.05) is 0 Å².